The number of pyridine rings is 1. The summed E-state index contributed by atoms with van der Waals surface area (Å²) < 4.78 is 0. The Morgan fingerprint density at radius 1 is 1.56 bits per heavy atom. The molecular formula is C13H19N3. The van der Waals surface area contributed by atoms with Crippen molar-refractivity contribution < 1.29 is 0 Å². The molecule has 1 heterocycles. The van der Waals surface area contributed by atoms with E-state index < -0.39 is 0 Å². The molecule has 0 spiro atoms. The van der Waals surface area contributed by atoms with Gasteiger partial charge in [-0.15, -0.1) is 6.42 Å². The maximum atomic E-state index is 5.37. The van der Waals surface area contributed by atoms with E-state index in [1.54, 1.807) is 0 Å². The maximum Gasteiger partial charge on any atom is 0.0791 e. The van der Waals surface area contributed by atoms with Crippen LogP contribution in [0.4, 0.5) is 5.69 Å². The number of aromatic nitrogens is 1. The fourth-order valence-corrected chi connectivity index (χ4v) is 1.62. The zero-order valence-electron chi connectivity index (χ0n) is 10.0. The number of hydrogen-bond donors (Lipinski definition) is 1. The molecule has 1 aromatic heterocycles. The number of terminal acetylenes is 1. The molecule has 0 saturated carbocycles. The van der Waals surface area contributed by atoms with E-state index in [2.05, 4.69) is 34.1 Å². The standard InChI is InChI=1S/C13H19N3/c1-4-8-16(9-5-2)13-6-7-15-12(10-13)11-14-3/h1,6-7,10,14H,5,8-9,11H2,2-3H3. The van der Waals surface area contributed by atoms with Gasteiger partial charge in [-0.05, 0) is 25.6 Å². The Balaban J connectivity index is 2.82. The highest BCUT2D eigenvalue weighted by Crippen LogP contribution is 2.14. The zero-order chi connectivity index (χ0) is 11.8. The van der Waals surface area contributed by atoms with E-state index in [1.165, 1.54) is 0 Å². The molecule has 3 heteroatoms. The van der Waals surface area contributed by atoms with Crippen molar-refractivity contribution >= 4 is 5.69 Å². The van der Waals surface area contributed by atoms with Gasteiger partial charge in [0.15, 0.2) is 0 Å². The first-order valence-corrected chi connectivity index (χ1v) is 5.59. The molecule has 0 unspecified atom stereocenters. The van der Waals surface area contributed by atoms with E-state index in [9.17, 15) is 0 Å². The maximum absolute atomic E-state index is 5.37. The molecule has 0 bridgehead atoms. The van der Waals surface area contributed by atoms with Crippen molar-refractivity contribution in [2.75, 3.05) is 25.0 Å². The SMILES string of the molecule is C#CCN(CCC)c1ccnc(CNC)c1. The van der Waals surface area contributed by atoms with Crippen LogP contribution in [0.3, 0.4) is 0 Å². The van der Waals surface area contributed by atoms with E-state index in [1.807, 2.05) is 19.3 Å². The fourth-order valence-electron chi connectivity index (χ4n) is 1.62. The lowest BCUT2D eigenvalue weighted by Gasteiger charge is -2.22. The first kappa shape index (κ1) is 12.5. The Kier molecular flexibility index (Phi) is 5.38. The average molecular weight is 217 g/mol. The lowest BCUT2D eigenvalue weighted by atomic mass is 10.2. The molecule has 0 saturated heterocycles. The van der Waals surface area contributed by atoms with Gasteiger partial charge in [-0.1, -0.05) is 12.8 Å². The molecule has 0 aliphatic rings. The van der Waals surface area contributed by atoms with Gasteiger partial charge in [0.25, 0.3) is 0 Å². The summed E-state index contributed by atoms with van der Waals surface area (Å²) in [5.74, 6) is 2.69. The van der Waals surface area contributed by atoms with Crippen LogP contribution < -0.4 is 10.2 Å². The summed E-state index contributed by atoms with van der Waals surface area (Å²) in [5, 5.41) is 3.09. The van der Waals surface area contributed by atoms with Crippen molar-refractivity contribution in [3.8, 4) is 12.3 Å². The molecule has 1 N–H and O–H groups in total. The molecule has 16 heavy (non-hydrogen) atoms. The van der Waals surface area contributed by atoms with E-state index in [-0.39, 0.29) is 0 Å². The second-order valence-corrected chi connectivity index (χ2v) is 3.66. The Morgan fingerprint density at radius 2 is 2.38 bits per heavy atom. The minimum absolute atomic E-state index is 0.650. The summed E-state index contributed by atoms with van der Waals surface area (Å²) >= 11 is 0. The van der Waals surface area contributed by atoms with Crippen molar-refractivity contribution in [1.29, 1.82) is 0 Å². The summed E-state index contributed by atoms with van der Waals surface area (Å²) in [7, 11) is 1.92. The van der Waals surface area contributed by atoms with Crippen LogP contribution in [-0.4, -0.2) is 25.1 Å². The molecule has 0 amide bonds. The normalized spacial score (nSPS) is 9.81. The second-order valence-electron chi connectivity index (χ2n) is 3.66. The molecule has 1 aromatic rings. The van der Waals surface area contributed by atoms with Gasteiger partial charge in [0.1, 0.15) is 0 Å². The Morgan fingerprint density at radius 3 is 3.00 bits per heavy atom. The number of nitrogens with zero attached hydrogens (tertiary/aromatic N) is 2. The fraction of sp³-hybridized carbons (Fsp3) is 0.462. The van der Waals surface area contributed by atoms with Crippen LogP contribution in [0, 0.1) is 12.3 Å². The topological polar surface area (TPSA) is 28.2 Å². The molecule has 1 rings (SSSR count). The van der Waals surface area contributed by atoms with Crippen LogP contribution in [0.25, 0.3) is 0 Å². The van der Waals surface area contributed by atoms with Gasteiger partial charge in [-0.3, -0.25) is 4.98 Å². The van der Waals surface area contributed by atoms with Crippen molar-refractivity contribution in [3.63, 3.8) is 0 Å². The van der Waals surface area contributed by atoms with Gasteiger partial charge in [0.2, 0.25) is 0 Å². The van der Waals surface area contributed by atoms with E-state index in [0.717, 1.165) is 30.9 Å². The molecule has 0 fully saturated rings. The average Bonchev–Trinajstić information content (AvgIpc) is 2.30. The minimum atomic E-state index is 0.650. The Labute approximate surface area is 97.9 Å². The molecule has 3 nitrogen and oxygen atoms in total. The molecule has 0 atom stereocenters. The lowest BCUT2D eigenvalue weighted by molar-refractivity contribution is 0.783. The van der Waals surface area contributed by atoms with E-state index in [0.29, 0.717) is 6.54 Å². The van der Waals surface area contributed by atoms with Crippen LogP contribution in [0.2, 0.25) is 0 Å². The van der Waals surface area contributed by atoms with Gasteiger partial charge < -0.3 is 10.2 Å². The van der Waals surface area contributed by atoms with Gasteiger partial charge >= 0.3 is 0 Å². The summed E-state index contributed by atoms with van der Waals surface area (Å²) in [4.78, 5) is 6.49. The summed E-state index contributed by atoms with van der Waals surface area (Å²) in [5.41, 5.74) is 2.19. The zero-order valence-corrected chi connectivity index (χ0v) is 10.0. The van der Waals surface area contributed by atoms with Crippen LogP contribution in [-0.2, 0) is 6.54 Å². The van der Waals surface area contributed by atoms with E-state index in [4.69, 9.17) is 6.42 Å². The molecule has 86 valence electrons. The van der Waals surface area contributed by atoms with Crippen LogP contribution in [0.15, 0.2) is 18.3 Å². The van der Waals surface area contributed by atoms with Crippen molar-refractivity contribution in [2.45, 2.75) is 19.9 Å². The number of anilines is 1. The third kappa shape index (κ3) is 3.56. The summed E-state index contributed by atoms with van der Waals surface area (Å²) in [6.07, 6.45) is 8.30. The van der Waals surface area contributed by atoms with Crippen LogP contribution in [0.1, 0.15) is 19.0 Å². The predicted molar refractivity (Wildman–Crippen MR) is 68.3 cm³/mol. The summed E-state index contributed by atoms with van der Waals surface area (Å²) in [6.45, 7) is 4.56. The third-order valence-corrected chi connectivity index (χ3v) is 2.30. The van der Waals surface area contributed by atoms with Crippen molar-refractivity contribution in [3.05, 3.63) is 24.0 Å². The van der Waals surface area contributed by atoms with Gasteiger partial charge in [-0.25, -0.2) is 0 Å². The molecular weight excluding hydrogens is 198 g/mol. The van der Waals surface area contributed by atoms with Gasteiger partial charge in [0.05, 0.1) is 12.2 Å². The van der Waals surface area contributed by atoms with Gasteiger partial charge in [0, 0.05) is 25.0 Å². The smallest absolute Gasteiger partial charge is 0.0791 e. The van der Waals surface area contributed by atoms with E-state index >= 15 is 0 Å². The molecule has 0 aliphatic heterocycles. The number of rotatable bonds is 6. The molecule has 0 aromatic carbocycles. The first-order valence-electron chi connectivity index (χ1n) is 5.59. The highest BCUT2D eigenvalue weighted by atomic mass is 15.1. The second kappa shape index (κ2) is 6.86. The largest absolute Gasteiger partial charge is 0.360 e. The molecule has 0 radical (unpaired) electrons. The Hall–Kier alpha value is -1.53. The van der Waals surface area contributed by atoms with Crippen molar-refractivity contribution in [2.24, 2.45) is 0 Å². The lowest BCUT2D eigenvalue weighted by Crippen LogP contribution is -2.24. The molecule has 0 aliphatic carbocycles. The monoisotopic (exact) mass is 217 g/mol. The van der Waals surface area contributed by atoms with Crippen LogP contribution in [0.5, 0.6) is 0 Å². The predicted octanol–water partition coefficient (Wildman–Crippen LogP) is 1.65. The first-order chi connectivity index (χ1) is 7.81. The minimum Gasteiger partial charge on any atom is -0.360 e. The van der Waals surface area contributed by atoms with Gasteiger partial charge in [-0.2, -0.15) is 0 Å². The third-order valence-electron chi connectivity index (χ3n) is 2.30. The number of nitrogens with one attached hydrogen (secondary N) is 1. The Bertz CT molecular complexity index is 354. The highest BCUT2D eigenvalue weighted by molar-refractivity contribution is 5.47. The van der Waals surface area contributed by atoms with Crippen molar-refractivity contribution in [1.82, 2.24) is 10.3 Å². The highest BCUT2D eigenvalue weighted by Gasteiger charge is 2.04. The quantitative estimate of drug-likeness (QED) is 0.734. The summed E-state index contributed by atoms with van der Waals surface area (Å²) in [6, 6.07) is 4.09. The number of hydrogen-bond acceptors (Lipinski definition) is 3. The van der Waals surface area contributed by atoms with Crippen LogP contribution >= 0.6 is 0 Å².